The van der Waals surface area contributed by atoms with Gasteiger partial charge in [-0.1, -0.05) is 12.1 Å². The lowest BCUT2D eigenvalue weighted by atomic mass is 9.97. The number of furan rings is 1. The van der Waals surface area contributed by atoms with Crippen molar-refractivity contribution >= 4 is 11.7 Å². The van der Waals surface area contributed by atoms with Gasteiger partial charge in [0.15, 0.2) is 11.7 Å². The maximum absolute atomic E-state index is 13.7. The molecular formula is C19H16F4N4O2. The third-order valence-electron chi connectivity index (χ3n) is 4.70. The van der Waals surface area contributed by atoms with Crippen molar-refractivity contribution in [3.05, 3.63) is 71.6 Å². The highest BCUT2D eigenvalue weighted by atomic mass is 19.4. The van der Waals surface area contributed by atoms with E-state index in [9.17, 15) is 22.4 Å². The van der Waals surface area contributed by atoms with Gasteiger partial charge in [0.1, 0.15) is 17.4 Å². The molecule has 0 radical (unpaired) electrons. The number of benzene rings is 1. The Balaban J connectivity index is 1.59. The minimum atomic E-state index is -4.57. The number of amides is 1. The van der Waals surface area contributed by atoms with Gasteiger partial charge in [0.25, 0.3) is 5.91 Å². The maximum atomic E-state index is 13.7. The Kier molecular flexibility index (Phi) is 4.77. The van der Waals surface area contributed by atoms with E-state index in [4.69, 9.17) is 4.42 Å². The van der Waals surface area contributed by atoms with Crippen molar-refractivity contribution in [3.63, 3.8) is 0 Å². The van der Waals surface area contributed by atoms with E-state index in [1.807, 2.05) is 0 Å². The summed E-state index contributed by atoms with van der Waals surface area (Å²) < 4.78 is 60.0. The molecule has 0 bridgehead atoms. The second kappa shape index (κ2) is 7.26. The number of nitrogens with zero attached hydrogens (tertiary/aromatic N) is 2. The van der Waals surface area contributed by atoms with Crippen LogP contribution in [0.1, 0.15) is 40.3 Å². The maximum Gasteiger partial charge on any atom is 0.410 e. The van der Waals surface area contributed by atoms with Crippen LogP contribution in [-0.4, -0.2) is 21.9 Å². The van der Waals surface area contributed by atoms with Gasteiger partial charge in [0.2, 0.25) is 0 Å². The number of aromatic nitrogens is 2. The van der Waals surface area contributed by atoms with Crippen LogP contribution in [0.3, 0.4) is 0 Å². The van der Waals surface area contributed by atoms with Crippen molar-refractivity contribution in [2.24, 2.45) is 0 Å². The highest BCUT2D eigenvalue weighted by Crippen LogP contribution is 2.43. The van der Waals surface area contributed by atoms with Crippen LogP contribution in [-0.2, 0) is 6.54 Å². The Hall–Kier alpha value is -3.30. The molecule has 0 saturated carbocycles. The fourth-order valence-electron chi connectivity index (χ4n) is 3.27. The quantitative estimate of drug-likeness (QED) is 0.635. The van der Waals surface area contributed by atoms with Gasteiger partial charge < -0.3 is 15.1 Å². The van der Waals surface area contributed by atoms with E-state index in [2.05, 4.69) is 15.7 Å². The normalized spacial score (nSPS) is 18.8. The molecule has 3 heterocycles. The number of halogens is 4. The topological polar surface area (TPSA) is 72.1 Å². The van der Waals surface area contributed by atoms with Crippen molar-refractivity contribution in [3.8, 4) is 0 Å². The molecular weight excluding hydrogens is 392 g/mol. The molecule has 2 aromatic heterocycles. The fraction of sp³-hybridized carbons (Fsp3) is 0.263. The Morgan fingerprint density at radius 1 is 1.28 bits per heavy atom. The molecule has 4 rings (SSSR count). The van der Waals surface area contributed by atoms with E-state index >= 15 is 0 Å². The molecule has 3 aromatic rings. The van der Waals surface area contributed by atoms with Gasteiger partial charge in [-0.25, -0.2) is 9.07 Å². The molecule has 6 nitrogen and oxygen atoms in total. The van der Waals surface area contributed by atoms with E-state index in [1.165, 1.54) is 36.6 Å². The minimum absolute atomic E-state index is 0.0658. The van der Waals surface area contributed by atoms with Gasteiger partial charge in [-0.15, -0.1) is 0 Å². The number of carbonyl (C=O) groups excluding carboxylic acids is 1. The van der Waals surface area contributed by atoms with Gasteiger partial charge in [-0.3, -0.25) is 4.79 Å². The third-order valence-corrected chi connectivity index (χ3v) is 4.70. The van der Waals surface area contributed by atoms with Crippen molar-refractivity contribution < 1.29 is 26.8 Å². The fourth-order valence-corrected chi connectivity index (χ4v) is 3.27. The average Bonchev–Trinajstić information content (AvgIpc) is 3.34. The summed E-state index contributed by atoms with van der Waals surface area (Å²) in [6.07, 6.45) is -3.45. The molecule has 2 N–H and O–H groups in total. The lowest BCUT2D eigenvalue weighted by Crippen LogP contribution is -2.35. The van der Waals surface area contributed by atoms with E-state index < -0.39 is 30.0 Å². The highest BCUT2D eigenvalue weighted by molar-refractivity contribution is 5.93. The number of rotatable bonds is 4. The third kappa shape index (κ3) is 3.96. The molecule has 1 aliphatic rings. The summed E-state index contributed by atoms with van der Waals surface area (Å²) in [6.45, 7) is 0.0857. The van der Waals surface area contributed by atoms with Gasteiger partial charge in [-0.2, -0.15) is 18.3 Å². The van der Waals surface area contributed by atoms with Crippen LogP contribution in [0, 0.1) is 5.82 Å². The molecule has 152 valence electrons. The molecule has 0 saturated heterocycles. The number of carbonyl (C=O) groups is 1. The van der Waals surface area contributed by atoms with Crippen molar-refractivity contribution in [1.29, 1.82) is 0 Å². The van der Waals surface area contributed by atoms with Gasteiger partial charge in [0.05, 0.1) is 18.8 Å². The largest absolute Gasteiger partial charge is 0.467 e. The molecule has 0 fully saturated rings. The second-order valence-electron chi connectivity index (χ2n) is 6.66. The Morgan fingerprint density at radius 3 is 2.69 bits per heavy atom. The monoisotopic (exact) mass is 408 g/mol. The first-order chi connectivity index (χ1) is 13.8. The zero-order valence-corrected chi connectivity index (χ0v) is 14.9. The Labute approximate surface area is 162 Å². The zero-order valence-electron chi connectivity index (χ0n) is 14.9. The highest BCUT2D eigenvalue weighted by Gasteiger charge is 2.46. The van der Waals surface area contributed by atoms with Gasteiger partial charge in [-0.05, 0) is 29.8 Å². The summed E-state index contributed by atoms with van der Waals surface area (Å²) in [4.78, 5) is 12.3. The minimum Gasteiger partial charge on any atom is -0.467 e. The Morgan fingerprint density at radius 2 is 2.03 bits per heavy atom. The zero-order chi connectivity index (χ0) is 20.6. The molecule has 1 aromatic carbocycles. The lowest BCUT2D eigenvalue weighted by molar-refractivity contribution is -0.173. The SMILES string of the molecule is O=C(NCc1ccco1)c1cc2n(n1)[C@H](C(F)(F)F)C[C@H](c1ccc(F)cc1)N2. The summed E-state index contributed by atoms with van der Waals surface area (Å²) in [6, 6.07) is 7.22. The summed E-state index contributed by atoms with van der Waals surface area (Å²) >= 11 is 0. The van der Waals surface area contributed by atoms with Crippen molar-refractivity contribution in [2.45, 2.75) is 31.2 Å². The van der Waals surface area contributed by atoms with Crippen LogP contribution >= 0.6 is 0 Å². The first kappa shape index (κ1) is 19.0. The Bertz CT molecular complexity index is 996. The molecule has 1 aliphatic heterocycles. The van der Waals surface area contributed by atoms with Crippen LogP contribution in [0.2, 0.25) is 0 Å². The summed E-state index contributed by atoms with van der Waals surface area (Å²) in [5.74, 6) is -0.525. The number of hydrogen-bond donors (Lipinski definition) is 2. The molecule has 0 aliphatic carbocycles. The van der Waals surface area contributed by atoms with E-state index in [1.54, 1.807) is 12.1 Å². The predicted octanol–water partition coefficient (Wildman–Crippen LogP) is 4.21. The van der Waals surface area contributed by atoms with Crippen molar-refractivity contribution in [1.82, 2.24) is 15.1 Å². The van der Waals surface area contributed by atoms with Crippen LogP contribution < -0.4 is 10.6 Å². The lowest BCUT2D eigenvalue weighted by Gasteiger charge is -2.33. The first-order valence-corrected chi connectivity index (χ1v) is 8.80. The standard InChI is InChI=1S/C19H16F4N4O2/c20-12-5-3-11(4-6-12)14-8-16(19(21,22)23)27-17(25-14)9-15(26-27)18(28)24-10-13-2-1-7-29-13/h1-7,9,14,16,25H,8,10H2,(H,24,28)/t14-,16+/m1/s1. The number of anilines is 1. The molecule has 10 heteroatoms. The smallest absolute Gasteiger partial charge is 0.410 e. The van der Waals surface area contributed by atoms with Gasteiger partial charge in [0, 0.05) is 12.5 Å². The number of alkyl halides is 3. The molecule has 0 unspecified atom stereocenters. The van der Waals surface area contributed by atoms with E-state index in [-0.39, 0.29) is 24.5 Å². The number of hydrogen-bond acceptors (Lipinski definition) is 4. The van der Waals surface area contributed by atoms with Crippen LogP contribution in [0.25, 0.3) is 0 Å². The predicted molar refractivity (Wildman–Crippen MR) is 94.6 cm³/mol. The molecule has 0 spiro atoms. The number of nitrogens with one attached hydrogen (secondary N) is 2. The average molecular weight is 408 g/mol. The second-order valence-corrected chi connectivity index (χ2v) is 6.66. The summed E-state index contributed by atoms with van der Waals surface area (Å²) in [5, 5.41) is 9.39. The van der Waals surface area contributed by atoms with Gasteiger partial charge >= 0.3 is 6.18 Å². The van der Waals surface area contributed by atoms with E-state index in [0.717, 1.165) is 4.68 Å². The summed E-state index contributed by atoms with van der Waals surface area (Å²) in [7, 11) is 0. The molecule has 29 heavy (non-hydrogen) atoms. The number of fused-ring (bicyclic) bond motifs is 1. The van der Waals surface area contributed by atoms with Crippen LogP contribution in [0.5, 0.6) is 0 Å². The van der Waals surface area contributed by atoms with Crippen LogP contribution in [0.4, 0.5) is 23.4 Å². The van der Waals surface area contributed by atoms with Crippen molar-refractivity contribution in [2.75, 3.05) is 5.32 Å². The molecule has 1 amide bonds. The van der Waals surface area contributed by atoms with E-state index in [0.29, 0.717) is 11.3 Å². The molecule has 2 atom stereocenters. The first-order valence-electron chi connectivity index (χ1n) is 8.80. The summed E-state index contributed by atoms with van der Waals surface area (Å²) in [5.41, 5.74) is 0.366. The van der Waals surface area contributed by atoms with Crippen LogP contribution in [0.15, 0.2) is 53.1 Å².